The highest BCUT2D eigenvalue weighted by Gasteiger charge is 2.16. The fourth-order valence-corrected chi connectivity index (χ4v) is 2.46. The van der Waals surface area contributed by atoms with E-state index in [1.165, 1.54) is 6.20 Å². The molecule has 20 heavy (non-hydrogen) atoms. The van der Waals surface area contributed by atoms with E-state index >= 15 is 0 Å². The number of ether oxygens (including phenoxy) is 1. The van der Waals surface area contributed by atoms with Crippen molar-refractivity contribution in [2.45, 2.75) is 18.9 Å². The van der Waals surface area contributed by atoms with Gasteiger partial charge in [0, 0.05) is 0 Å². The Morgan fingerprint density at radius 2 is 2.15 bits per heavy atom. The van der Waals surface area contributed by atoms with Crippen LogP contribution < -0.4 is 15.8 Å². The van der Waals surface area contributed by atoms with Crippen molar-refractivity contribution in [3.8, 4) is 11.6 Å². The monoisotopic (exact) mass is 338 g/mol. The maximum Gasteiger partial charge on any atom is 0.263 e. The van der Waals surface area contributed by atoms with E-state index in [2.05, 4.69) is 36.3 Å². The van der Waals surface area contributed by atoms with Crippen LogP contribution in [0, 0.1) is 0 Å². The van der Waals surface area contributed by atoms with Crippen molar-refractivity contribution >= 4 is 21.7 Å². The van der Waals surface area contributed by atoms with Crippen molar-refractivity contribution in [2.75, 3.05) is 18.8 Å². The molecule has 0 bridgehead atoms. The number of nitrogens with two attached hydrogens (primary N) is 1. The van der Waals surface area contributed by atoms with Gasteiger partial charge in [0.1, 0.15) is 4.60 Å². The molecule has 0 aromatic carbocycles. The highest BCUT2D eigenvalue weighted by molar-refractivity contribution is 9.10. The summed E-state index contributed by atoms with van der Waals surface area (Å²) in [5, 5.41) is 7.68. The lowest BCUT2D eigenvalue weighted by Crippen LogP contribution is -2.29. The van der Waals surface area contributed by atoms with Crippen molar-refractivity contribution in [3.05, 3.63) is 23.2 Å². The van der Waals surface area contributed by atoms with E-state index in [-0.39, 0.29) is 11.7 Å². The van der Waals surface area contributed by atoms with Gasteiger partial charge in [0.2, 0.25) is 0 Å². The van der Waals surface area contributed by atoms with Crippen LogP contribution in [0.15, 0.2) is 23.2 Å². The summed E-state index contributed by atoms with van der Waals surface area (Å²) in [6.45, 7) is 2.04. The Morgan fingerprint density at radius 3 is 2.95 bits per heavy atom. The van der Waals surface area contributed by atoms with E-state index in [0.717, 1.165) is 25.9 Å². The largest absolute Gasteiger partial charge is 0.433 e. The maximum absolute atomic E-state index is 5.73. The molecule has 3 rings (SSSR count). The van der Waals surface area contributed by atoms with Crippen LogP contribution in [-0.4, -0.2) is 32.8 Å². The molecule has 106 valence electrons. The van der Waals surface area contributed by atoms with E-state index in [1.807, 2.05) is 10.9 Å². The molecule has 3 heterocycles. The van der Waals surface area contributed by atoms with Crippen LogP contribution in [0.1, 0.15) is 18.9 Å². The molecule has 7 nitrogen and oxygen atoms in total. The van der Waals surface area contributed by atoms with Gasteiger partial charge in [-0.15, -0.1) is 0 Å². The minimum atomic E-state index is 0.253. The number of piperidine rings is 1. The molecule has 3 N–H and O–H groups in total. The lowest BCUT2D eigenvalue weighted by Gasteiger charge is -2.22. The third kappa shape index (κ3) is 2.91. The summed E-state index contributed by atoms with van der Waals surface area (Å²) in [5.74, 6) is 1.15. The van der Waals surface area contributed by atoms with Crippen LogP contribution in [0.5, 0.6) is 11.6 Å². The second kappa shape index (κ2) is 5.76. The van der Waals surface area contributed by atoms with Crippen molar-refractivity contribution in [1.29, 1.82) is 0 Å². The van der Waals surface area contributed by atoms with E-state index in [1.54, 1.807) is 6.20 Å². The summed E-state index contributed by atoms with van der Waals surface area (Å²) in [6, 6.07) is 0.416. The maximum atomic E-state index is 5.73. The van der Waals surface area contributed by atoms with Crippen LogP contribution in [0.2, 0.25) is 0 Å². The smallest absolute Gasteiger partial charge is 0.263 e. The minimum absolute atomic E-state index is 0.253. The van der Waals surface area contributed by atoms with E-state index in [0.29, 0.717) is 16.4 Å². The Morgan fingerprint density at radius 1 is 1.35 bits per heavy atom. The standard InChI is InChI=1S/C12H15BrN6O/c13-10-6-16-11(14)12(18-10)20-9-5-17-19(7-9)8-1-3-15-4-2-8/h5-8,15H,1-4H2,(H2,14,16). The molecular weight excluding hydrogens is 324 g/mol. The average molecular weight is 339 g/mol. The average Bonchev–Trinajstić information content (AvgIpc) is 2.92. The zero-order chi connectivity index (χ0) is 13.9. The normalized spacial score (nSPS) is 16.2. The highest BCUT2D eigenvalue weighted by atomic mass is 79.9. The molecule has 2 aromatic heterocycles. The fourth-order valence-electron chi connectivity index (χ4n) is 2.19. The molecule has 1 fully saturated rings. The molecule has 1 saturated heterocycles. The molecule has 0 radical (unpaired) electrons. The van der Waals surface area contributed by atoms with Crippen molar-refractivity contribution < 1.29 is 4.74 Å². The zero-order valence-corrected chi connectivity index (χ0v) is 12.4. The van der Waals surface area contributed by atoms with E-state index < -0.39 is 0 Å². The number of nitrogens with one attached hydrogen (secondary N) is 1. The number of halogens is 1. The van der Waals surface area contributed by atoms with Gasteiger partial charge in [-0.05, 0) is 41.9 Å². The lowest BCUT2D eigenvalue weighted by atomic mass is 10.1. The van der Waals surface area contributed by atoms with Gasteiger partial charge >= 0.3 is 0 Å². The number of nitrogen functional groups attached to an aromatic ring is 1. The van der Waals surface area contributed by atoms with Gasteiger partial charge in [0.25, 0.3) is 5.88 Å². The molecule has 1 aliphatic rings. The molecule has 0 spiro atoms. The van der Waals surface area contributed by atoms with Crippen LogP contribution in [0.3, 0.4) is 0 Å². The van der Waals surface area contributed by atoms with Crippen molar-refractivity contribution in [3.63, 3.8) is 0 Å². The van der Waals surface area contributed by atoms with Crippen LogP contribution in [0.25, 0.3) is 0 Å². The summed E-state index contributed by atoms with van der Waals surface area (Å²) in [4.78, 5) is 8.13. The topological polar surface area (TPSA) is 90.9 Å². The number of hydrogen-bond acceptors (Lipinski definition) is 6. The minimum Gasteiger partial charge on any atom is -0.433 e. The first-order valence-electron chi connectivity index (χ1n) is 6.43. The third-order valence-corrected chi connectivity index (χ3v) is 3.59. The Kier molecular flexibility index (Phi) is 3.83. The Balaban J connectivity index is 1.75. The molecule has 0 saturated carbocycles. The first-order chi connectivity index (χ1) is 9.72. The highest BCUT2D eigenvalue weighted by Crippen LogP contribution is 2.26. The van der Waals surface area contributed by atoms with Crippen molar-refractivity contribution in [2.24, 2.45) is 0 Å². The van der Waals surface area contributed by atoms with Gasteiger partial charge in [0.15, 0.2) is 11.6 Å². The van der Waals surface area contributed by atoms with Gasteiger partial charge in [-0.25, -0.2) is 9.97 Å². The predicted octanol–water partition coefficient (Wildman–Crippen LogP) is 1.73. The van der Waals surface area contributed by atoms with Gasteiger partial charge in [-0.1, -0.05) is 0 Å². The Labute approximate surface area is 124 Å². The van der Waals surface area contributed by atoms with E-state index in [9.17, 15) is 0 Å². The van der Waals surface area contributed by atoms with Gasteiger partial charge in [-0.2, -0.15) is 5.10 Å². The lowest BCUT2D eigenvalue weighted by molar-refractivity contribution is 0.342. The molecule has 8 heteroatoms. The SMILES string of the molecule is Nc1ncc(Br)nc1Oc1cnn(C2CCNCC2)c1. The first-order valence-corrected chi connectivity index (χ1v) is 7.22. The number of anilines is 1. The molecule has 0 unspecified atom stereocenters. The first kappa shape index (κ1) is 13.3. The molecule has 0 atom stereocenters. The Bertz CT molecular complexity index is 595. The predicted molar refractivity (Wildman–Crippen MR) is 77.6 cm³/mol. The number of rotatable bonds is 3. The number of nitrogens with zero attached hydrogens (tertiary/aromatic N) is 4. The summed E-state index contributed by atoms with van der Waals surface area (Å²) in [5.41, 5.74) is 5.73. The molecule has 1 aliphatic heterocycles. The summed E-state index contributed by atoms with van der Waals surface area (Å²) < 4.78 is 8.15. The van der Waals surface area contributed by atoms with Crippen LogP contribution in [0.4, 0.5) is 5.82 Å². The molecule has 2 aromatic rings. The molecular formula is C12H15BrN6O. The van der Waals surface area contributed by atoms with Crippen LogP contribution >= 0.6 is 15.9 Å². The molecule has 0 amide bonds. The van der Waals surface area contributed by atoms with Gasteiger partial charge < -0.3 is 15.8 Å². The summed E-state index contributed by atoms with van der Waals surface area (Å²) >= 11 is 3.24. The van der Waals surface area contributed by atoms with Crippen LogP contribution in [-0.2, 0) is 0 Å². The fraction of sp³-hybridized carbons (Fsp3) is 0.417. The zero-order valence-electron chi connectivity index (χ0n) is 10.8. The quantitative estimate of drug-likeness (QED) is 0.885. The summed E-state index contributed by atoms with van der Waals surface area (Å²) in [6.07, 6.45) is 7.21. The second-order valence-corrected chi connectivity index (χ2v) is 5.43. The van der Waals surface area contributed by atoms with Gasteiger partial charge in [-0.3, -0.25) is 4.68 Å². The van der Waals surface area contributed by atoms with Gasteiger partial charge in [0.05, 0.1) is 24.6 Å². The number of aromatic nitrogens is 4. The Hall–Kier alpha value is -1.67. The van der Waals surface area contributed by atoms with Crippen molar-refractivity contribution in [1.82, 2.24) is 25.1 Å². The molecule has 0 aliphatic carbocycles. The van der Waals surface area contributed by atoms with E-state index in [4.69, 9.17) is 10.5 Å². The number of hydrogen-bond donors (Lipinski definition) is 2. The third-order valence-electron chi connectivity index (χ3n) is 3.21. The second-order valence-electron chi connectivity index (χ2n) is 4.62. The summed E-state index contributed by atoms with van der Waals surface area (Å²) in [7, 11) is 0.